The molecule has 2 N–H and O–H groups in total. The first kappa shape index (κ1) is 13.9. The molecule has 0 saturated carbocycles. The summed E-state index contributed by atoms with van der Waals surface area (Å²) in [5.74, 6) is 0.490. The number of carbonyl (C=O) groups is 2. The molecule has 1 aromatic rings. The minimum absolute atomic E-state index is 0.0127. The summed E-state index contributed by atoms with van der Waals surface area (Å²) in [6.07, 6.45) is 1.26. The number of nitrogens with one attached hydrogen (secondary N) is 2. The normalized spacial score (nSPS) is 15.4. The van der Waals surface area contributed by atoms with Crippen LogP contribution in [0.1, 0.15) is 25.8 Å². The van der Waals surface area contributed by atoms with Crippen molar-refractivity contribution < 1.29 is 9.59 Å². The summed E-state index contributed by atoms with van der Waals surface area (Å²) < 4.78 is 0. The van der Waals surface area contributed by atoms with Gasteiger partial charge in [-0.25, -0.2) is 0 Å². The minimum Gasteiger partial charge on any atom is -0.353 e. The number of carbonyl (C=O) groups excluding carboxylic acids is 2. The standard InChI is InChI=1S/C14H18N2O2S/c1-3-9(2)15-13(17)7-10-4-5-12-11(6-10)16-14(18)8-19-12/h4-6,9H,3,7-8H2,1-2H3,(H,15,17)(H,16,18). The van der Waals surface area contributed by atoms with Crippen LogP contribution in [0, 0.1) is 0 Å². The Kier molecular flexibility index (Phi) is 4.47. The molecule has 0 saturated heterocycles. The molecule has 1 heterocycles. The van der Waals surface area contributed by atoms with Crippen LogP contribution in [0.15, 0.2) is 23.1 Å². The molecule has 5 heteroatoms. The zero-order valence-corrected chi connectivity index (χ0v) is 12.0. The second kappa shape index (κ2) is 6.10. The summed E-state index contributed by atoms with van der Waals surface area (Å²) in [5.41, 5.74) is 1.73. The molecule has 19 heavy (non-hydrogen) atoms. The van der Waals surface area contributed by atoms with Crippen molar-refractivity contribution in [1.82, 2.24) is 5.32 Å². The largest absolute Gasteiger partial charge is 0.353 e. The fraction of sp³-hybridized carbons (Fsp3) is 0.429. The molecular weight excluding hydrogens is 260 g/mol. The smallest absolute Gasteiger partial charge is 0.234 e. The van der Waals surface area contributed by atoms with Crippen LogP contribution in [0.3, 0.4) is 0 Å². The molecule has 1 aliphatic rings. The van der Waals surface area contributed by atoms with Crippen molar-refractivity contribution in [2.75, 3.05) is 11.1 Å². The number of benzene rings is 1. The van der Waals surface area contributed by atoms with E-state index in [0.717, 1.165) is 22.6 Å². The molecule has 102 valence electrons. The molecule has 0 bridgehead atoms. The Hall–Kier alpha value is -1.49. The molecule has 0 aliphatic carbocycles. The van der Waals surface area contributed by atoms with E-state index in [1.54, 1.807) is 0 Å². The first-order chi connectivity index (χ1) is 9.08. The van der Waals surface area contributed by atoms with Crippen molar-refractivity contribution in [3.8, 4) is 0 Å². The second-order valence-electron chi connectivity index (χ2n) is 4.72. The zero-order valence-electron chi connectivity index (χ0n) is 11.2. The highest BCUT2D eigenvalue weighted by Gasteiger charge is 2.16. The lowest BCUT2D eigenvalue weighted by Crippen LogP contribution is -2.33. The second-order valence-corrected chi connectivity index (χ2v) is 5.74. The average molecular weight is 278 g/mol. The number of thioether (sulfide) groups is 1. The number of amides is 2. The monoisotopic (exact) mass is 278 g/mol. The van der Waals surface area contributed by atoms with Gasteiger partial charge >= 0.3 is 0 Å². The molecule has 0 spiro atoms. The third-order valence-electron chi connectivity index (χ3n) is 3.06. The Morgan fingerprint density at radius 3 is 3.05 bits per heavy atom. The maximum Gasteiger partial charge on any atom is 0.234 e. The van der Waals surface area contributed by atoms with E-state index in [2.05, 4.69) is 10.6 Å². The Morgan fingerprint density at radius 2 is 2.32 bits per heavy atom. The average Bonchev–Trinajstić information content (AvgIpc) is 2.37. The quantitative estimate of drug-likeness (QED) is 0.887. The third kappa shape index (κ3) is 3.73. The number of fused-ring (bicyclic) bond motifs is 1. The predicted octanol–water partition coefficient (Wildman–Crippen LogP) is 2.19. The number of rotatable bonds is 4. The molecule has 1 aromatic carbocycles. The Labute approximate surface area is 117 Å². The van der Waals surface area contributed by atoms with E-state index in [-0.39, 0.29) is 17.9 Å². The first-order valence-electron chi connectivity index (χ1n) is 6.43. The lowest BCUT2D eigenvalue weighted by molar-refractivity contribution is -0.121. The van der Waals surface area contributed by atoms with E-state index < -0.39 is 0 Å². The molecule has 2 amide bonds. The van der Waals surface area contributed by atoms with E-state index in [1.807, 2.05) is 32.0 Å². The van der Waals surface area contributed by atoms with Crippen molar-refractivity contribution in [1.29, 1.82) is 0 Å². The van der Waals surface area contributed by atoms with Gasteiger partial charge in [-0.3, -0.25) is 9.59 Å². The Bertz CT molecular complexity index is 502. The molecule has 1 unspecified atom stereocenters. The number of anilines is 1. The van der Waals surface area contributed by atoms with Crippen molar-refractivity contribution in [3.05, 3.63) is 23.8 Å². The van der Waals surface area contributed by atoms with Crippen LogP contribution in [0.5, 0.6) is 0 Å². The summed E-state index contributed by atoms with van der Waals surface area (Å²) in [7, 11) is 0. The highest BCUT2D eigenvalue weighted by atomic mass is 32.2. The van der Waals surface area contributed by atoms with Gasteiger partial charge < -0.3 is 10.6 Å². The van der Waals surface area contributed by atoms with Gasteiger partial charge in [-0.1, -0.05) is 13.0 Å². The lowest BCUT2D eigenvalue weighted by Gasteiger charge is -2.17. The van der Waals surface area contributed by atoms with Gasteiger partial charge in [-0.15, -0.1) is 11.8 Å². The van der Waals surface area contributed by atoms with Gasteiger partial charge in [0.15, 0.2) is 0 Å². The van der Waals surface area contributed by atoms with Crippen molar-refractivity contribution in [2.45, 2.75) is 37.6 Å². The minimum atomic E-state index is 0.0127. The molecule has 1 atom stereocenters. The van der Waals surface area contributed by atoms with Crippen molar-refractivity contribution in [2.24, 2.45) is 0 Å². The SMILES string of the molecule is CCC(C)NC(=O)Cc1ccc2c(c1)NC(=O)CS2. The topological polar surface area (TPSA) is 58.2 Å². The van der Waals surface area contributed by atoms with Crippen molar-refractivity contribution >= 4 is 29.3 Å². The molecule has 4 nitrogen and oxygen atoms in total. The van der Waals surface area contributed by atoms with Gasteiger partial charge in [-0.05, 0) is 31.0 Å². The van der Waals surface area contributed by atoms with Gasteiger partial charge in [0.1, 0.15) is 0 Å². The van der Waals surface area contributed by atoms with Gasteiger partial charge in [0.2, 0.25) is 11.8 Å². The zero-order chi connectivity index (χ0) is 13.8. The molecular formula is C14H18N2O2S. The van der Waals surface area contributed by atoms with E-state index in [1.165, 1.54) is 11.8 Å². The maximum atomic E-state index is 11.8. The fourth-order valence-corrected chi connectivity index (χ4v) is 2.64. The van der Waals surface area contributed by atoms with Gasteiger partial charge in [0, 0.05) is 10.9 Å². The predicted molar refractivity (Wildman–Crippen MR) is 77.4 cm³/mol. The van der Waals surface area contributed by atoms with Crippen LogP contribution >= 0.6 is 11.8 Å². The number of hydrogen-bond donors (Lipinski definition) is 2. The van der Waals surface area contributed by atoms with Crippen LogP contribution < -0.4 is 10.6 Å². The van der Waals surface area contributed by atoms with Crippen molar-refractivity contribution in [3.63, 3.8) is 0 Å². The van der Waals surface area contributed by atoms with Gasteiger partial charge in [0.25, 0.3) is 0 Å². The molecule has 0 aromatic heterocycles. The van der Waals surface area contributed by atoms with E-state index in [9.17, 15) is 9.59 Å². The fourth-order valence-electron chi connectivity index (χ4n) is 1.85. The summed E-state index contributed by atoms with van der Waals surface area (Å²) in [6.45, 7) is 4.03. The van der Waals surface area contributed by atoms with Crippen LogP contribution in [0.2, 0.25) is 0 Å². The molecule has 1 aliphatic heterocycles. The highest BCUT2D eigenvalue weighted by molar-refractivity contribution is 8.00. The summed E-state index contributed by atoms with van der Waals surface area (Å²) in [5, 5.41) is 5.77. The molecule has 0 radical (unpaired) electrons. The Balaban J connectivity index is 2.04. The van der Waals surface area contributed by atoms with Crippen LogP contribution in [-0.4, -0.2) is 23.6 Å². The Morgan fingerprint density at radius 1 is 1.53 bits per heavy atom. The lowest BCUT2D eigenvalue weighted by atomic mass is 10.1. The van der Waals surface area contributed by atoms with E-state index in [4.69, 9.17) is 0 Å². The maximum absolute atomic E-state index is 11.8. The summed E-state index contributed by atoms with van der Waals surface area (Å²) in [6, 6.07) is 5.99. The van der Waals surface area contributed by atoms with E-state index in [0.29, 0.717) is 12.2 Å². The third-order valence-corrected chi connectivity index (χ3v) is 4.13. The number of hydrogen-bond acceptors (Lipinski definition) is 3. The summed E-state index contributed by atoms with van der Waals surface area (Å²) in [4.78, 5) is 24.2. The molecule has 0 fully saturated rings. The van der Waals surface area contributed by atoms with Crippen LogP contribution in [0.25, 0.3) is 0 Å². The van der Waals surface area contributed by atoms with Gasteiger partial charge in [0.05, 0.1) is 17.9 Å². The van der Waals surface area contributed by atoms with Crippen LogP contribution in [0.4, 0.5) is 5.69 Å². The van der Waals surface area contributed by atoms with E-state index >= 15 is 0 Å². The highest BCUT2D eigenvalue weighted by Crippen LogP contribution is 2.31. The van der Waals surface area contributed by atoms with Crippen LogP contribution in [-0.2, 0) is 16.0 Å². The van der Waals surface area contributed by atoms with Gasteiger partial charge in [-0.2, -0.15) is 0 Å². The molecule has 2 rings (SSSR count). The summed E-state index contributed by atoms with van der Waals surface area (Å²) >= 11 is 1.53. The first-order valence-corrected chi connectivity index (χ1v) is 7.42.